The number of aliphatic hydroxyl groups excluding tert-OH is 1. The number of aliphatic hydroxyl groups is 1. The number of hydrogen-bond donors (Lipinski definition) is 1. The first-order chi connectivity index (χ1) is 9.19. The quantitative estimate of drug-likeness (QED) is 0.885. The zero-order chi connectivity index (χ0) is 13.4. The molecule has 0 fully saturated rings. The molecule has 19 heavy (non-hydrogen) atoms. The van der Waals surface area contributed by atoms with Crippen LogP contribution >= 0.6 is 0 Å². The highest BCUT2D eigenvalue weighted by Crippen LogP contribution is 2.25. The van der Waals surface area contributed by atoms with Gasteiger partial charge in [-0.25, -0.2) is 9.97 Å². The molecule has 0 unspecified atom stereocenters. The molecule has 0 aromatic carbocycles. The van der Waals surface area contributed by atoms with Crippen molar-refractivity contribution in [3.05, 3.63) is 41.1 Å². The summed E-state index contributed by atoms with van der Waals surface area (Å²) in [5, 5.41) is 9.59. The van der Waals surface area contributed by atoms with Crippen LogP contribution in [0.5, 0.6) is 0 Å². The highest BCUT2D eigenvalue weighted by molar-refractivity contribution is 5.51. The standard InChI is InChI=1S/C14H18N4O/c1-10-7-11(2)16-14(12(10)9-19)18-6-5-17-4-3-15-13(17)8-18/h3-4,7,19H,5-6,8-9H2,1-2H3. The second kappa shape index (κ2) is 4.66. The zero-order valence-electron chi connectivity index (χ0n) is 11.3. The van der Waals surface area contributed by atoms with Crippen LogP contribution in [-0.2, 0) is 19.7 Å². The summed E-state index contributed by atoms with van der Waals surface area (Å²) in [5.41, 5.74) is 3.00. The van der Waals surface area contributed by atoms with Crippen molar-refractivity contribution in [2.24, 2.45) is 0 Å². The highest BCUT2D eigenvalue weighted by Gasteiger charge is 2.21. The lowest BCUT2D eigenvalue weighted by molar-refractivity contribution is 0.280. The van der Waals surface area contributed by atoms with Gasteiger partial charge in [-0.05, 0) is 25.5 Å². The van der Waals surface area contributed by atoms with Crippen molar-refractivity contribution in [1.82, 2.24) is 14.5 Å². The van der Waals surface area contributed by atoms with E-state index >= 15 is 0 Å². The first-order valence-electron chi connectivity index (χ1n) is 6.52. The lowest BCUT2D eigenvalue weighted by Gasteiger charge is -2.30. The average molecular weight is 258 g/mol. The topological polar surface area (TPSA) is 54.2 Å². The molecule has 0 atom stereocenters. The van der Waals surface area contributed by atoms with Crippen LogP contribution in [0.4, 0.5) is 5.82 Å². The highest BCUT2D eigenvalue weighted by atomic mass is 16.3. The maximum Gasteiger partial charge on any atom is 0.135 e. The van der Waals surface area contributed by atoms with Crippen molar-refractivity contribution in [3.63, 3.8) is 0 Å². The summed E-state index contributed by atoms with van der Waals surface area (Å²) in [4.78, 5) is 11.2. The molecular formula is C14H18N4O. The summed E-state index contributed by atoms with van der Waals surface area (Å²) in [6.07, 6.45) is 3.84. The van der Waals surface area contributed by atoms with E-state index < -0.39 is 0 Å². The number of imidazole rings is 1. The molecule has 5 nitrogen and oxygen atoms in total. The van der Waals surface area contributed by atoms with Gasteiger partial charge in [0.25, 0.3) is 0 Å². The molecule has 5 heteroatoms. The van der Waals surface area contributed by atoms with Gasteiger partial charge in [-0.2, -0.15) is 0 Å². The minimum absolute atomic E-state index is 0.0272. The molecule has 1 aliphatic rings. The van der Waals surface area contributed by atoms with E-state index in [1.54, 1.807) is 0 Å². The fourth-order valence-electron chi connectivity index (χ4n) is 2.65. The van der Waals surface area contributed by atoms with Crippen molar-refractivity contribution in [2.75, 3.05) is 11.4 Å². The third-order valence-electron chi connectivity index (χ3n) is 3.66. The Bertz CT molecular complexity index is 605. The van der Waals surface area contributed by atoms with Crippen molar-refractivity contribution in [1.29, 1.82) is 0 Å². The summed E-state index contributed by atoms with van der Waals surface area (Å²) in [7, 11) is 0. The van der Waals surface area contributed by atoms with Crippen molar-refractivity contribution in [3.8, 4) is 0 Å². The monoisotopic (exact) mass is 258 g/mol. The van der Waals surface area contributed by atoms with Gasteiger partial charge < -0.3 is 14.6 Å². The summed E-state index contributed by atoms with van der Waals surface area (Å²) in [6.45, 7) is 6.59. The number of fused-ring (bicyclic) bond motifs is 1. The summed E-state index contributed by atoms with van der Waals surface area (Å²) in [5.74, 6) is 1.95. The minimum atomic E-state index is 0.0272. The smallest absolute Gasteiger partial charge is 0.135 e. The average Bonchev–Trinajstić information content (AvgIpc) is 2.85. The Hall–Kier alpha value is -1.88. The van der Waals surface area contributed by atoms with E-state index in [-0.39, 0.29) is 6.61 Å². The van der Waals surface area contributed by atoms with Gasteiger partial charge in [0.1, 0.15) is 11.6 Å². The Balaban J connectivity index is 1.99. The fraction of sp³-hybridized carbons (Fsp3) is 0.429. The number of hydrogen-bond acceptors (Lipinski definition) is 4. The third kappa shape index (κ3) is 2.10. The van der Waals surface area contributed by atoms with Gasteiger partial charge in [-0.15, -0.1) is 0 Å². The molecular weight excluding hydrogens is 240 g/mol. The lowest BCUT2D eigenvalue weighted by Crippen LogP contribution is -2.35. The van der Waals surface area contributed by atoms with Crippen LogP contribution in [-0.4, -0.2) is 26.2 Å². The number of pyridine rings is 1. The van der Waals surface area contributed by atoms with Gasteiger partial charge in [0, 0.05) is 36.7 Å². The second-order valence-electron chi connectivity index (χ2n) is 5.00. The largest absolute Gasteiger partial charge is 0.392 e. The Morgan fingerprint density at radius 1 is 1.32 bits per heavy atom. The molecule has 100 valence electrons. The first-order valence-corrected chi connectivity index (χ1v) is 6.52. The van der Waals surface area contributed by atoms with Gasteiger partial charge in [0.05, 0.1) is 13.2 Å². The molecule has 2 aromatic rings. The van der Waals surface area contributed by atoms with Gasteiger partial charge in [0.15, 0.2) is 0 Å². The Kier molecular flexibility index (Phi) is 2.98. The summed E-state index contributed by atoms with van der Waals surface area (Å²) >= 11 is 0. The SMILES string of the molecule is Cc1cc(C)c(CO)c(N2CCn3ccnc3C2)n1. The Morgan fingerprint density at radius 3 is 2.95 bits per heavy atom. The van der Waals surface area contributed by atoms with E-state index in [1.807, 2.05) is 32.3 Å². The number of anilines is 1. The van der Waals surface area contributed by atoms with Crippen LogP contribution in [0.3, 0.4) is 0 Å². The molecule has 0 saturated carbocycles. The second-order valence-corrected chi connectivity index (χ2v) is 5.00. The molecule has 3 rings (SSSR count). The van der Waals surface area contributed by atoms with Crippen LogP contribution in [0.15, 0.2) is 18.5 Å². The first kappa shape index (κ1) is 12.2. The van der Waals surface area contributed by atoms with E-state index in [4.69, 9.17) is 0 Å². The van der Waals surface area contributed by atoms with Crippen molar-refractivity contribution >= 4 is 5.82 Å². The van der Waals surface area contributed by atoms with Gasteiger partial charge in [-0.3, -0.25) is 0 Å². The molecule has 0 radical (unpaired) electrons. The van der Waals surface area contributed by atoms with Gasteiger partial charge in [0.2, 0.25) is 0 Å². The van der Waals surface area contributed by atoms with E-state index in [0.717, 1.165) is 48.1 Å². The van der Waals surface area contributed by atoms with Gasteiger partial charge >= 0.3 is 0 Å². The van der Waals surface area contributed by atoms with E-state index in [0.29, 0.717) is 0 Å². The molecule has 2 aromatic heterocycles. The van der Waals surface area contributed by atoms with Crippen molar-refractivity contribution in [2.45, 2.75) is 33.5 Å². The zero-order valence-corrected chi connectivity index (χ0v) is 11.3. The maximum atomic E-state index is 9.59. The predicted octanol–water partition coefficient (Wildman–Crippen LogP) is 1.41. The number of aryl methyl sites for hydroxylation is 2. The molecule has 1 N–H and O–H groups in total. The number of nitrogens with zero attached hydrogens (tertiary/aromatic N) is 4. The molecule has 0 spiro atoms. The van der Waals surface area contributed by atoms with Crippen LogP contribution in [0.1, 0.15) is 22.6 Å². The molecule has 0 bridgehead atoms. The number of rotatable bonds is 2. The van der Waals surface area contributed by atoms with Gasteiger partial charge in [-0.1, -0.05) is 0 Å². The Morgan fingerprint density at radius 2 is 2.16 bits per heavy atom. The van der Waals surface area contributed by atoms with Crippen LogP contribution in [0.25, 0.3) is 0 Å². The summed E-state index contributed by atoms with van der Waals surface area (Å²) in [6, 6.07) is 2.01. The van der Waals surface area contributed by atoms with E-state index in [2.05, 4.69) is 19.4 Å². The lowest BCUT2D eigenvalue weighted by atomic mass is 10.1. The summed E-state index contributed by atoms with van der Waals surface area (Å²) < 4.78 is 2.16. The molecule has 0 saturated heterocycles. The predicted molar refractivity (Wildman–Crippen MR) is 72.9 cm³/mol. The normalized spacial score (nSPS) is 14.6. The van der Waals surface area contributed by atoms with Crippen LogP contribution in [0, 0.1) is 13.8 Å². The van der Waals surface area contributed by atoms with Crippen molar-refractivity contribution < 1.29 is 5.11 Å². The molecule has 1 aliphatic heterocycles. The third-order valence-corrected chi connectivity index (χ3v) is 3.66. The minimum Gasteiger partial charge on any atom is -0.392 e. The molecule has 0 aliphatic carbocycles. The maximum absolute atomic E-state index is 9.59. The Labute approximate surface area is 112 Å². The van der Waals surface area contributed by atoms with E-state index in [9.17, 15) is 5.11 Å². The molecule has 3 heterocycles. The van der Waals surface area contributed by atoms with Crippen LogP contribution in [0.2, 0.25) is 0 Å². The fourth-order valence-corrected chi connectivity index (χ4v) is 2.65. The van der Waals surface area contributed by atoms with E-state index in [1.165, 1.54) is 0 Å². The number of aromatic nitrogens is 3. The molecule has 0 amide bonds. The van der Waals surface area contributed by atoms with Crippen LogP contribution < -0.4 is 4.90 Å².